The van der Waals surface area contributed by atoms with Gasteiger partial charge in [0.25, 0.3) is 5.91 Å². The van der Waals surface area contributed by atoms with Gasteiger partial charge in [-0.15, -0.1) is 11.3 Å². The van der Waals surface area contributed by atoms with Crippen molar-refractivity contribution in [2.45, 2.75) is 50.6 Å². The molecular formula is C26H25BrN2O2S. The molecule has 2 heterocycles. The molecule has 0 spiro atoms. The van der Waals surface area contributed by atoms with Crippen molar-refractivity contribution in [2.24, 2.45) is 0 Å². The van der Waals surface area contributed by atoms with Crippen molar-refractivity contribution in [2.75, 3.05) is 5.32 Å². The van der Waals surface area contributed by atoms with Crippen molar-refractivity contribution in [1.29, 1.82) is 0 Å². The number of halogens is 1. The molecule has 164 valence electrons. The number of carbonyl (C=O) groups excluding carboxylic acids is 2. The third-order valence-electron chi connectivity index (χ3n) is 6.59. The van der Waals surface area contributed by atoms with E-state index in [0.29, 0.717) is 5.56 Å². The number of benzene rings is 2. The van der Waals surface area contributed by atoms with Crippen LogP contribution in [0.5, 0.6) is 0 Å². The number of hydrogen-bond donors (Lipinski definition) is 1. The van der Waals surface area contributed by atoms with Crippen LogP contribution in [0.1, 0.15) is 64.0 Å². The Hall–Kier alpha value is -2.44. The average molecular weight is 509 g/mol. The molecule has 4 nitrogen and oxygen atoms in total. The first kappa shape index (κ1) is 21.4. The van der Waals surface area contributed by atoms with E-state index in [4.69, 9.17) is 0 Å². The lowest BCUT2D eigenvalue weighted by Crippen LogP contribution is -2.49. The third-order valence-corrected chi connectivity index (χ3v) is 8.19. The summed E-state index contributed by atoms with van der Waals surface area (Å²) in [6.45, 7) is 2.02. The predicted molar refractivity (Wildman–Crippen MR) is 132 cm³/mol. The van der Waals surface area contributed by atoms with E-state index < -0.39 is 5.92 Å². The van der Waals surface area contributed by atoms with Gasteiger partial charge in [-0.25, -0.2) is 0 Å². The zero-order valence-corrected chi connectivity index (χ0v) is 20.3. The van der Waals surface area contributed by atoms with Gasteiger partial charge in [0, 0.05) is 21.0 Å². The fraction of sp³-hybridized carbons (Fsp3) is 0.308. The minimum Gasteiger partial charge on any atom is -0.327 e. The van der Waals surface area contributed by atoms with E-state index in [1.54, 1.807) is 11.3 Å². The number of amides is 2. The second-order valence-electron chi connectivity index (χ2n) is 8.65. The van der Waals surface area contributed by atoms with Gasteiger partial charge in [0.15, 0.2) is 0 Å². The van der Waals surface area contributed by atoms with Gasteiger partial charge in [0.05, 0.1) is 17.6 Å². The number of hydrogen-bond acceptors (Lipinski definition) is 3. The molecule has 32 heavy (non-hydrogen) atoms. The van der Waals surface area contributed by atoms with Gasteiger partial charge in [-0.2, -0.15) is 0 Å². The molecule has 5 rings (SSSR count). The van der Waals surface area contributed by atoms with Crippen LogP contribution in [-0.2, 0) is 4.79 Å². The second-order valence-corrected chi connectivity index (χ2v) is 10.5. The normalized spacial score (nSPS) is 20.9. The van der Waals surface area contributed by atoms with Crippen LogP contribution in [0.25, 0.3) is 0 Å². The van der Waals surface area contributed by atoms with E-state index >= 15 is 0 Å². The smallest absolute Gasteiger partial charge is 0.254 e. The molecule has 0 radical (unpaired) electrons. The van der Waals surface area contributed by atoms with E-state index in [1.807, 2.05) is 65.7 Å². The van der Waals surface area contributed by atoms with Crippen molar-refractivity contribution in [3.05, 3.63) is 86.0 Å². The van der Waals surface area contributed by atoms with Crippen LogP contribution < -0.4 is 5.32 Å². The molecule has 1 N–H and O–H groups in total. The number of carbonyl (C=O) groups is 2. The molecule has 3 aromatic rings. The zero-order chi connectivity index (χ0) is 22.2. The van der Waals surface area contributed by atoms with Crippen LogP contribution in [-0.4, -0.2) is 22.8 Å². The summed E-state index contributed by atoms with van der Waals surface area (Å²) in [4.78, 5) is 30.7. The minimum absolute atomic E-state index is 0.0477. The SMILES string of the molecule is Cc1ccc(NC(=O)C2c3ccccc3C(=O)N(C3CCCC3)C2c2cccs2)c(Br)c1. The number of anilines is 1. The van der Waals surface area contributed by atoms with E-state index in [0.717, 1.165) is 51.8 Å². The van der Waals surface area contributed by atoms with Crippen LogP contribution in [0, 0.1) is 6.92 Å². The van der Waals surface area contributed by atoms with E-state index in [1.165, 1.54) is 0 Å². The summed E-state index contributed by atoms with van der Waals surface area (Å²) in [6, 6.07) is 17.5. The Kier molecular flexibility index (Phi) is 5.91. The number of nitrogens with zero attached hydrogens (tertiary/aromatic N) is 1. The molecule has 1 aromatic heterocycles. The maximum absolute atomic E-state index is 13.9. The van der Waals surface area contributed by atoms with Gasteiger partial charge in [-0.1, -0.05) is 43.2 Å². The fourth-order valence-corrected chi connectivity index (χ4v) is 6.56. The van der Waals surface area contributed by atoms with Crippen LogP contribution >= 0.6 is 27.3 Å². The second kappa shape index (κ2) is 8.83. The summed E-state index contributed by atoms with van der Waals surface area (Å²) in [6.07, 6.45) is 4.24. The highest BCUT2D eigenvalue weighted by molar-refractivity contribution is 9.10. The van der Waals surface area contributed by atoms with Gasteiger partial charge in [0.1, 0.15) is 0 Å². The van der Waals surface area contributed by atoms with E-state index in [9.17, 15) is 9.59 Å². The predicted octanol–water partition coefficient (Wildman–Crippen LogP) is 6.68. The lowest BCUT2D eigenvalue weighted by Gasteiger charge is -2.44. The van der Waals surface area contributed by atoms with Crippen LogP contribution in [0.4, 0.5) is 5.69 Å². The quantitative estimate of drug-likeness (QED) is 0.427. The first-order chi connectivity index (χ1) is 15.5. The maximum atomic E-state index is 13.9. The fourth-order valence-electron chi connectivity index (χ4n) is 5.11. The summed E-state index contributed by atoms with van der Waals surface area (Å²) in [5.41, 5.74) is 3.32. The largest absolute Gasteiger partial charge is 0.327 e. The lowest BCUT2D eigenvalue weighted by atomic mass is 9.80. The molecule has 1 aliphatic heterocycles. The van der Waals surface area contributed by atoms with E-state index in [-0.39, 0.29) is 23.9 Å². The number of fused-ring (bicyclic) bond motifs is 1. The first-order valence-electron chi connectivity index (χ1n) is 11.1. The first-order valence-corrected chi connectivity index (χ1v) is 12.7. The molecule has 6 heteroatoms. The topological polar surface area (TPSA) is 49.4 Å². The highest BCUT2D eigenvalue weighted by Gasteiger charge is 2.47. The van der Waals surface area contributed by atoms with Gasteiger partial charge in [-0.05, 0) is 76.5 Å². The Labute approximate surface area is 200 Å². The molecule has 2 atom stereocenters. The molecule has 2 aromatic carbocycles. The third kappa shape index (κ3) is 3.80. The number of thiophene rings is 1. The molecule has 2 amide bonds. The van der Waals surface area contributed by atoms with E-state index in [2.05, 4.69) is 27.3 Å². The Bertz CT molecular complexity index is 1150. The molecule has 1 aliphatic carbocycles. The van der Waals surface area contributed by atoms with Crippen molar-refractivity contribution in [3.8, 4) is 0 Å². The van der Waals surface area contributed by atoms with Gasteiger partial charge in [0.2, 0.25) is 5.91 Å². The highest BCUT2D eigenvalue weighted by Crippen LogP contribution is 2.47. The van der Waals surface area contributed by atoms with Gasteiger partial charge >= 0.3 is 0 Å². The van der Waals surface area contributed by atoms with Crippen molar-refractivity contribution in [1.82, 2.24) is 4.90 Å². The molecule has 2 aliphatic rings. The van der Waals surface area contributed by atoms with Crippen molar-refractivity contribution >= 4 is 44.8 Å². The van der Waals surface area contributed by atoms with Crippen LogP contribution in [0.15, 0.2) is 64.5 Å². The standard InChI is InChI=1S/C26H25BrN2O2S/c1-16-12-13-21(20(27)15-16)28-25(30)23-18-9-4-5-10-19(18)26(31)29(17-7-2-3-8-17)24(23)22-11-6-14-32-22/h4-6,9-15,17,23-24H,2-3,7-8H2,1H3,(H,28,30). The van der Waals surface area contributed by atoms with Gasteiger partial charge in [-0.3, -0.25) is 9.59 Å². The van der Waals surface area contributed by atoms with Crippen molar-refractivity contribution < 1.29 is 9.59 Å². The summed E-state index contributed by atoms with van der Waals surface area (Å²) in [5.74, 6) is -0.515. The van der Waals surface area contributed by atoms with Crippen LogP contribution in [0.3, 0.4) is 0 Å². The number of rotatable bonds is 4. The number of nitrogens with one attached hydrogen (secondary N) is 1. The summed E-state index contributed by atoms with van der Waals surface area (Å²) in [7, 11) is 0. The molecule has 0 bridgehead atoms. The molecule has 1 saturated carbocycles. The van der Waals surface area contributed by atoms with Gasteiger partial charge < -0.3 is 10.2 Å². The summed E-state index contributed by atoms with van der Waals surface area (Å²) in [5, 5.41) is 5.17. The highest BCUT2D eigenvalue weighted by atomic mass is 79.9. The number of aryl methyl sites for hydroxylation is 1. The summed E-state index contributed by atoms with van der Waals surface area (Å²) < 4.78 is 0.853. The summed E-state index contributed by atoms with van der Waals surface area (Å²) >= 11 is 5.20. The molecule has 1 fully saturated rings. The Balaban J connectivity index is 1.62. The zero-order valence-electron chi connectivity index (χ0n) is 17.9. The lowest BCUT2D eigenvalue weighted by molar-refractivity contribution is -0.119. The average Bonchev–Trinajstić information content (AvgIpc) is 3.50. The Morgan fingerprint density at radius 1 is 1.09 bits per heavy atom. The molecule has 0 saturated heterocycles. The van der Waals surface area contributed by atoms with Crippen LogP contribution in [0.2, 0.25) is 0 Å². The monoisotopic (exact) mass is 508 g/mol. The Morgan fingerprint density at radius 2 is 1.88 bits per heavy atom. The van der Waals surface area contributed by atoms with Crippen molar-refractivity contribution in [3.63, 3.8) is 0 Å². The Morgan fingerprint density at radius 3 is 2.59 bits per heavy atom. The minimum atomic E-state index is -0.476. The molecular weight excluding hydrogens is 484 g/mol. The molecule has 2 unspecified atom stereocenters. The maximum Gasteiger partial charge on any atom is 0.254 e.